The van der Waals surface area contributed by atoms with Gasteiger partial charge in [0.05, 0.1) is 0 Å². The molecule has 1 N–H and O–H groups in total. The molecule has 2 heteroatoms. The first-order valence-corrected chi connectivity index (χ1v) is 1.91. The van der Waals surface area contributed by atoms with Gasteiger partial charge in [-0.3, -0.25) is 0 Å². The van der Waals surface area contributed by atoms with Gasteiger partial charge in [-0.1, -0.05) is 6.07 Å². The Morgan fingerprint density at radius 1 is 0.857 bits per heavy atom. The number of H-pyrrole nitrogens is 1. The van der Waals surface area contributed by atoms with Crippen molar-refractivity contribution in [2.45, 2.75) is 0 Å². The number of rotatable bonds is 0. The fourth-order valence-corrected chi connectivity index (χ4v) is 0.342. The summed E-state index contributed by atoms with van der Waals surface area (Å²) in [6.07, 6.45) is 3.75. The maximum Gasteiger partial charge on any atom is 3.00 e. The van der Waals surface area contributed by atoms with Crippen LogP contribution in [-0.4, -0.2) is 0 Å². The van der Waals surface area contributed by atoms with Gasteiger partial charge in [-0.25, -0.2) is 4.98 Å². The number of hydrogen-bond donors (Lipinski definition) is 0. The summed E-state index contributed by atoms with van der Waals surface area (Å²) in [5.41, 5.74) is 0. The Kier molecular flexibility index (Phi) is 3.86. The third kappa shape index (κ3) is 2.49. The predicted molar refractivity (Wildman–Crippen MR) is 23.0 cm³/mol. The molecule has 0 bridgehead atoms. The van der Waals surface area contributed by atoms with Crippen molar-refractivity contribution in [3.05, 3.63) is 30.6 Å². The molecule has 1 nitrogen and oxygen atoms in total. The van der Waals surface area contributed by atoms with Crippen molar-refractivity contribution in [1.29, 1.82) is 0 Å². The van der Waals surface area contributed by atoms with Crippen molar-refractivity contribution in [3.63, 3.8) is 0 Å². The van der Waals surface area contributed by atoms with Gasteiger partial charge in [-0.2, -0.15) is 0 Å². The second-order valence-electron chi connectivity index (χ2n) is 1.08. The average molecular weight is 272 g/mol. The molecular weight excluding hydrogens is 266 g/mol. The Morgan fingerprint density at radius 2 is 1.43 bits per heavy atom. The monoisotopic (exact) mass is 273 g/mol. The van der Waals surface area contributed by atoms with Crippen LogP contribution < -0.4 is 4.98 Å². The summed E-state index contributed by atoms with van der Waals surface area (Å²) in [7, 11) is 0. The molecule has 1 aromatic heterocycles. The second-order valence-corrected chi connectivity index (χ2v) is 1.08. The molecule has 0 aromatic carbocycles. The summed E-state index contributed by atoms with van der Waals surface area (Å²) in [5, 5.41) is 0. The average Bonchev–Trinajstić information content (AvgIpc) is 1.72. The fourth-order valence-electron chi connectivity index (χ4n) is 0.342. The van der Waals surface area contributed by atoms with E-state index in [4.69, 9.17) is 0 Å². The van der Waals surface area contributed by atoms with Crippen LogP contribution in [0.15, 0.2) is 30.6 Å². The molecule has 1 aromatic rings. The first-order chi connectivity index (χ1) is 3.00. The third-order valence-electron chi connectivity index (χ3n) is 0.607. The molecule has 0 atom stereocenters. The van der Waals surface area contributed by atoms with E-state index >= 15 is 0 Å². The topological polar surface area (TPSA) is 14.1 Å². The van der Waals surface area contributed by atoms with Gasteiger partial charge in [0.2, 0.25) is 0 Å². The Balaban J connectivity index is 0.000000360. The molecule has 36 valence electrons. The van der Waals surface area contributed by atoms with Crippen molar-refractivity contribution in [3.8, 4) is 0 Å². The first kappa shape index (κ1) is 6.80. The van der Waals surface area contributed by atoms with Crippen LogP contribution >= 0.6 is 0 Å². The van der Waals surface area contributed by atoms with Gasteiger partial charge in [0, 0.05) is 12.1 Å². The van der Waals surface area contributed by atoms with E-state index in [0.717, 1.165) is 0 Å². The summed E-state index contributed by atoms with van der Waals surface area (Å²) in [4.78, 5) is 2.89. The van der Waals surface area contributed by atoms with E-state index in [2.05, 4.69) is 4.98 Å². The van der Waals surface area contributed by atoms with Gasteiger partial charge >= 0.3 is 20.1 Å². The Labute approximate surface area is 56.1 Å². The Hall–Kier alpha value is -0.201. The van der Waals surface area contributed by atoms with Crippen LogP contribution in [0.4, 0.5) is 0 Å². The molecule has 0 saturated carbocycles. The van der Waals surface area contributed by atoms with E-state index in [1.165, 1.54) is 0 Å². The largest absolute Gasteiger partial charge is 3.00 e. The Bertz CT molecular complexity index is 80.0. The molecule has 0 radical (unpaired) electrons. The number of hydrogen-bond acceptors (Lipinski definition) is 0. The minimum absolute atomic E-state index is 0. The predicted octanol–water partition coefficient (Wildman–Crippen LogP) is 0.498. The van der Waals surface area contributed by atoms with Crippen molar-refractivity contribution >= 4 is 0 Å². The molecule has 0 saturated heterocycles. The van der Waals surface area contributed by atoms with Crippen LogP contribution in [0.3, 0.4) is 0 Å². The summed E-state index contributed by atoms with van der Waals surface area (Å²) in [6, 6.07) is 5.86. The minimum Gasteiger partial charge on any atom is -0.218 e. The third-order valence-corrected chi connectivity index (χ3v) is 0.607. The quantitative estimate of drug-likeness (QED) is 0.653. The molecule has 0 aliphatic heterocycles. The van der Waals surface area contributed by atoms with Crippen LogP contribution in [0.2, 0.25) is 0 Å². The van der Waals surface area contributed by atoms with Crippen molar-refractivity contribution in [2.24, 2.45) is 0 Å². The zero-order chi connectivity index (χ0) is 4.24. The zero-order valence-corrected chi connectivity index (χ0v) is 6.12. The van der Waals surface area contributed by atoms with E-state index in [9.17, 15) is 0 Å². The smallest absolute Gasteiger partial charge is 0.218 e. The minimum atomic E-state index is 0. The van der Waals surface area contributed by atoms with Crippen LogP contribution in [0, 0.1) is 0 Å². The van der Waals surface area contributed by atoms with Crippen LogP contribution in [0.5, 0.6) is 0 Å². The molecule has 0 fully saturated rings. The second kappa shape index (κ2) is 3.97. The van der Waals surface area contributed by atoms with Crippen molar-refractivity contribution in [1.82, 2.24) is 0 Å². The van der Waals surface area contributed by atoms with Crippen molar-refractivity contribution < 1.29 is 25.1 Å². The van der Waals surface area contributed by atoms with Crippen LogP contribution in [0.25, 0.3) is 0 Å². The molecule has 1 rings (SSSR count). The first-order valence-electron chi connectivity index (χ1n) is 1.91. The van der Waals surface area contributed by atoms with E-state index in [1.807, 2.05) is 30.6 Å². The number of nitrogens with one attached hydrogen (secondary N) is 1. The normalized spacial score (nSPS) is 6.86. The standard InChI is InChI=1S/C5H5N.Ir/c1-2-4-6-5-3-1;/h1-5H;/q;+3/p+1. The van der Waals surface area contributed by atoms with Gasteiger partial charge in [0.1, 0.15) is 0 Å². The molecule has 0 amide bonds. The molecule has 0 aliphatic rings. The Morgan fingerprint density at radius 3 is 1.57 bits per heavy atom. The summed E-state index contributed by atoms with van der Waals surface area (Å²) in [5.74, 6) is 0. The van der Waals surface area contributed by atoms with E-state index in [-0.39, 0.29) is 20.1 Å². The molecule has 0 spiro atoms. The molecule has 0 aliphatic carbocycles. The van der Waals surface area contributed by atoms with Gasteiger partial charge in [0.15, 0.2) is 12.4 Å². The van der Waals surface area contributed by atoms with E-state index in [1.54, 1.807) is 0 Å². The number of aromatic nitrogens is 1. The molecule has 1 heterocycles. The van der Waals surface area contributed by atoms with Crippen molar-refractivity contribution in [2.75, 3.05) is 0 Å². The van der Waals surface area contributed by atoms with Gasteiger partial charge in [0.25, 0.3) is 0 Å². The maximum absolute atomic E-state index is 2.89. The summed E-state index contributed by atoms with van der Waals surface area (Å²) >= 11 is 0. The van der Waals surface area contributed by atoms with E-state index < -0.39 is 0 Å². The number of pyridine rings is 1. The van der Waals surface area contributed by atoms with Gasteiger partial charge < -0.3 is 0 Å². The maximum atomic E-state index is 2.89. The van der Waals surface area contributed by atoms with Crippen LogP contribution in [-0.2, 0) is 20.1 Å². The zero-order valence-electron chi connectivity index (χ0n) is 3.72. The summed E-state index contributed by atoms with van der Waals surface area (Å²) < 4.78 is 0. The molecular formula is C5H6IrN+4. The molecule has 7 heavy (non-hydrogen) atoms. The SMILES string of the molecule is [Ir+3].c1cc[nH+]cc1. The fraction of sp³-hybridized carbons (Fsp3) is 0. The summed E-state index contributed by atoms with van der Waals surface area (Å²) in [6.45, 7) is 0. The van der Waals surface area contributed by atoms with Gasteiger partial charge in [-0.05, 0) is 0 Å². The molecule has 0 unspecified atom stereocenters. The van der Waals surface area contributed by atoms with Crippen LogP contribution in [0.1, 0.15) is 0 Å². The number of aromatic amines is 1. The van der Waals surface area contributed by atoms with Gasteiger partial charge in [-0.15, -0.1) is 0 Å². The van der Waals surface area contributed by atoms with E-state index in [0.29, 0.717) is 0 Å².